The minimum atomic E-state index is -0.836. The lowest BCUT2D eigenvalue weighted by Gasteiger charge is -2.40. The Kier molecular flexibility index (Phi) is 4.64. The molecule has 1 aliphatic heterocycles. The second-order valence-corrected chi connectivity index (χ2v) is 5.67. The van der Waals surface area contributed by atoms with Crippen LogP contribution in [0.15, 0.2) is 35.2 Å². The monoisotopic (exact) mass is 270 g/mol. The normalized spacial score (nSPS) is 36.6. The number of hydrogen-bond donors (Lipinski definition) is 3. The Labute approximate surface area is 111 Å². The Morgan fingerprint density at radius 1 is 1.17 bits per heavy atom. The molecule has 100 valence electrons. The molecule has 0 saturated carbocycles. The average molecular weight is 270 g/mol. The Morgan fingerprint density at radius 3 is 2.44 bits per heavy atom. The van der Waals surface area contributed by atoms with Gasteiger partial charge in [0.25, 0.3) is 0 Å². The first-order valence-electron chi connectivity index (χ1n) is 5.97. The fourth-order valence-corrected chi connectivity index (χ4v) is 3.17. The maximum Gasteiger partial charge on any atom is 0.134 e. The number of hydrogen-bond acceptors (Lipinski definition) is 5. The first-order chi connectivity index (χ1) is 8.63. The molecule has 0 aromatic heterocycles. The first kappa shape index (κ1) is 13.8. The fourth-order valence-electron chi connectivity index (χ4n) is 2.00. The van der Waals surface area contributed by atoms with E-state index in [0.717, 1.165) is 4.90 Å². The molecule has 1 aliphatic rings. The van der Waals surface area contributed by atoms with E-state index >= 15 is 0 Å². The minimum Gasteiger partial charge on any atom is -0.394 e. The molecule has 3 N–H and O–H groups in total. The van der Waals surface area contributed by atoms with E-state index in [2.05, 4.69) is 0 Å². The van der Waals surface area contributed by atoms with Gasteiger partial charge in [0.15, 0.2) is 0 Å². The van der Waals surface area contributed by atoms with Crippen molar-refractivity contribution in [3.63, 3.8) is 0 Å². The smallest absolute Gasteiger partial charge is 0.134 e. The van der Waals surface area contributed by atoms with Crippen molar-refractivity contribution in [3.05, 3.63) is 30.3 Å². The standard InChI is InChI=1S/C13H18O4S/c1-8-11(15)10(7-14)17-13(12(8)16)18-9-5-3-2-4-6-9/h2-6,8,10-16H,7H2,1H3/t8?,10?,11-,12?,13+/m1/s1. The second-order valence-electron chi connectivity index (χ2n) is 4.50. The van der Waals surface area contributed by atoms with Gasteiger partial charge in [-0.1, -0.05) is 36.9 Å². The quantitative estimate of drug-likeness (QED) is 0.760. The highest BCUT2D eigenvalue weighted by atomic mass is 32.2. The molecule has 18 heavy (non-hydrogen) atoms. The minimum absolute atomic E-state index is 0.246. The van der Waals surface area contributed by atoms with E-state index in [4.69, 9.17) is 4.74 Å². The van der Waals surface area contributed by atoms with E-state index in [-0.39, 0.29) is 12.5 Å². The predicted octanol–water partition coefficient (Wildman–Crippen LogP) is 0.854. The summed E-state index contributed by atoms with van der Waals surface area (Å²) in [4.78, 5) is 0.988. The summed E-state index contributed by atoms with van der Waals surface area (Å²) in [5.41, 5.74) is -0.469. The molecular formula is C13H18O4S. The molecule has 1 heterocycles. The Hall–Kier alpha value is -0.590. The summed E-state index contributed by atoms with van der Waals surface area (Å²) in [5.74, 6) is -0.322. The number of rotatable bonds is 3. The average Bonchev–Trinajstić information content (AvgIpc) is 2.40. The van der Waals surface area contributed by atoms with Crippen molar-refractivity contribution in [3.8, 4) is 0 Å². The summed E-state index contributed by atoms with van der Waals surface area (Å²) < 4.78 is 5.55. The number of ether oxygens (including phenoxy) is 1. The largest absolute Gasteiger partial charge is 0.394 e. The zero-order valence-corrected chi connectivity index (χ0v) is 11.0. The van der Waals surface area contributed by atoms with E-state index < -0.39 is 23.7 Å². The lowest BCUT2D eigenvalue weighted by atomic mass is 9.92. The SMILES string of the molecule is CC1C(O)[C@H](Sc2ccccc2)OC(CO)[C@@H]1O. The van der Waals surface area contributed by atoms with Gasteiger partial charge in [-0.05, 0) is 12.1 Å². The fraction of sp³-hybridized carbons (Fsp3) is 0.538. The van der Waals surface area contributed by atoms with Crippen LogP contribution < -0.4 is 0 Å². The third-order valence-corrected chi connectivity index (χ3v) is 4.39. The highest BCUT2D eigenvalue weighted by molar-refractivity contribution is 7.99. The molecule has 0 aliphatic carbocycles. The van der Waals surface area contributed by atoms with Gasteiger partial charge in [0.2, 0.25) is 0 Å². The van der Waals surface area contributed by atoms with E-state index in [1.54, 1.807) is 6.92 Å². The molecule has 5 atom stereocenters. The molecular weight excluding hydrogens is 252 g/mol. The molecule has 0 spiro atoms. The van der Waals surface area contributed by atoms with E-state index in [0.29, 0.717) is 0 Å². The van der Waals surface area contributed by atoms with Gasteiger partial charge in [0.05, 0.1) is 18.8 Å². The highest BCUT2D eigenvalue weighted by Crippen LogP contribution is 2.35. The first-order valence-corrected chi connectivity index (χ1v) is 6.85. The van der Waals surface area contributed by atoms with E-state index in [1.165, 1.54) is 11.8 Å². The summed E-state index contributed by atoms with van der Waals surface area (Å²) >= 11 is 1.40. The summed E-state index contributed by atoms with van der Waals surface area (Å²) in [6.07, 6.45) is -2.23. The van der Waals surface area contributed by atoms with Crippen LogP contribution in [-0.4, -0.2) is 45.7 Å². The molecule has 5 heteroatoms. The van der Waals surface area contributed by atoms with Crippen molar-refractivity contribution in [1.82, 2.24) is 0 Å². The van der Waals surface area contributed by atoms with E-state index in [1.807, 2.05) is 30.3 Å². The van der Waals surface area contributed by atoms with Crippen LogP contribution in [0.5, 0.6) is 0 Å². The summed E-state index contributed by atoms with van der Waals surface area (Å²) in [7, 11) is 0. The number of aliphatic hydroxyl groups excluding tert-OH is 3. The van der Waals surface area contributed by atoms with Crippen molar-refractivity contribution in [2.75, 3.05) is 6.61 Å². The highest BCUT2D eigenvalue weighted by Gasteiger charge is 2.42. The molecule has 0 bridgehead atoms. The lowest BCUT2D eigenvalue weighted by molar-refractivity contribution is -0.177. The lowest BCUT2D eigenvalue weighted by Crippen LogP contribution is -2.53. The van der Waals surface area contributed by atoms with Crippen LogP contribution in [0.25, 0.3) is 0 Å². The zero-order valence-electron chi connectivity index (χ0n) is 10.1. The molecule has 1 saturated heterocycles. The van der Waals surface area contributed by atoms with Crippen LogP contribution in [0, 0.1) is 5.92 Å². The topological polar surface area (TPSA) is 69.9 Å². The summed E-state index contributed by atoms with van der Waals surface area (Å²) in [6.45, 7) is 1.52. The van der Waals surface area contributed by atoms with Gasteiger partial charge < -0.3 is 20.1 Å². The predicted molar refractivity (Wildman–Crippen MR) is 69.2 cm³/mol. The molecule has 1 aromatic carbocycles. The van der Waals surface area contributed by atoms with Crippen LogP contribution in [0.1, 0.15) is 6.92 Å². The van der Waals surface area contributed by atoms with Crippen LogP contribution in [0.2, 0.25) is 0 Å². The van der Waals surface area contributed by atoms with Gasteiger partial charge >= 0.3 is 0 Å². The maximum atomic E-state index is 10.1. The molecule has 3 unspecified atom stereocenters. The van der Waals surface area contributed by atoms with Crippen LogP contribution in [-0.2, 0) is 4.74 Å². The molecule has 4 nitrogen and oxygen atoms in total. The molecule has 0 amide bonds. The van der Waals surface area contributed by atoms with Crippen molar-refractivity contribution < 1.29 is 20.1 Å². The van der Waals surface area contributed by atoms with Crippen LogP contribution in [0.3, 0.4) is 0 Å². The third kappa shape index (κ3) is 2.87. The van der Waals surface area contributed by atoms with Gasteiger partial charge in [-0.2, -0.15) is 0 Å². The third-order valence-electron chi connectivity index (χ3n) is 3.22. The van der Waals surface area contributed by atoms with Gasteiger partial charge in [0.1, 0.15) is 11.5 Å². The van der Waals surface area contributed by atoms with Crippen LogP contribution in [0.4, 0.5) is 0 Å². The molecule has 1 fully saturated rings. The second kappa shape index (κ2) is 6.04. The van der Waals surface area contributed by atoms with E-state index in [9.17, 15) is 15.3 Å². The summed E-state index contributed by atoms with van der Waals surface area (Å²) in [5, 5.41) is 29.1. The Balaban J connectivity index is 2.08. The van der Waals surface area contributed by atoms with Gasteiger partial charge in [-0.15, -0.1) is 0 Å². The van der Waals surface area contributed by atoms with Gasteiger partial charge in [-0.25, -0.2) is 0 Å². The molecule has 2 rings (SSSR count). The molecule has 0 radical (unpaired) electrons. The zero-order chi connectivity index (χ0) is 13.1. The van der Waals surface area contributed by atoms with Gasteiger partial charge in [-0.3, -0.25) is 0 Å². The van der Waals surface area contributed by atoms with Crippen molar-refractivity contribution in [2.45, 2.75) is 35.6 Å². The summed E-state index contributed by atoms with van der Waals surface area (Å²) in [6, 6.07) is 9.62. The van der Waals surface area contributed by atoms with Gasteiger partial charge in [0, 0.05) is 10.8 Å². The Bertz CT molecular complexity index is 371. The maximum absolute atomic E-state index is 10.1. The van der Waals surface area contributed by atoms with Crippen molar-refractivity contribution >= 4 is 11.8 Å². The van der Waals surface area contributed by atoms with Crippen molar-refractivity contribution in [1.29, 1.82) is 0 Å². The molecule has 1 aromatic rings. The number of aliphatic hydroxyl groups is 3. The van der Waals surface area contributed by atoms with Crippen molar-refractivity contribution in [2.24, 2.45) is 5.92 Å². The Morgan fingerprint density at radius 2 is 1.83 bits per heavy atom. The number of benzene rings is 1. The number of thioether (sulfide) groups is 1. The van der Waals surface area contributed by atoms with Crippen LogP contribution >= 0.6 is 11.8 Å².